The van der Waals surface area contributed by atoms with E-state index in [9.17, 15) is 9.59 Å². The molecule has 0 unspecified atom stereocenters. The van der Waals surface area contributed by atoms with Crippen LogP contribution in [0, 0.1) is 6.92 Å². The van der Waals surface area contributed by atoms with E-state index in [2.05, 4.69) is 9.89 Å². The highest BCUT2D eigenvalue weighted by Gasteiger charge is 2.22. The van der Waals surface area contributed by atoms with Crippen molar-refractivity contribution >= 4 is 11.9 Å². The van der Waals surface area contributed by atoms with Crippen molar-refractivity contribution in [3.63, 3.8) is 0 Å². The summed E-state index contributed by atoms with van der Waals surface area (Å²) >= 11 is 0. The molecule has 0 atom stereocenters. The third-order valence-corrected chi connectivity index (χ3v) is 2.90. The number of ether oxygens (including phenoxy) is 1. The summed E-state index contributed by atoms with van der Waals surface area (Å²) < 4.78 is 9.54. The van der Waals surface area contributed by atoms with E-state index in [1.807, 2.05) is 30.3 Å². The lowest BCUT2D eigenvalue weighted by molar-refractivity contribution is -0.141. The number of aryl methyl sites for hydroxylation is 1. The van der Waals surface area contributed by atoms with Gasteiger partial charge in [0.05, 0.1) is 7.11 Å². The van der Waals surface area contributed by atoms with E-state index in [1.54, 1.807) is 6.92 Å². The summed E-state index contributed by atoms with van der Waals surface area (Å²) in [6.45, 7) is 1.85. The van der Waals surface area contributed by atoms with Crippen molar-refractivity contribution in [2.75, 3.05) is 13.7 Å². The zero-order chi connectivity index (χ0) is 15.2. The van der Waals surface area contributed by atoms with Crippen LogP contribution in [0.2, 0.25) is 0 Å². The minimum atomic E-state index is -0.487. The molecule has 110 valence electrons. The van der Waals surface area contributed by atoms with Gasteiger partial charge in [-0.05, 0) is 12.5 Å². The monoisotopic (exact) mass is 288 g/mol. The van der Waals surface area contributed by atoms with Gasteiger partial charge in [-0.15, -0.1) is 0 Å². The number of carbonyl (C=O) groups is 2. The molecule has 1 heterocycles. The van der Waals surface area contributed by atoms with Crippen molar-refractivity contribution in [2.45, 2.75) is 13.5 Å². The molecule has 1 aromatic heterocycles. The van der Waals surface area contributed by atoms with Crippen LogP contribution in [0.3, 0.4) is 0 Å². The highest BCUT2D eigenvalue weighted by atomic mass is 16.5. The predicted octanol–water partition coefficient (Wildman–Crippen LogP) is 1.80. The Labute approximate surface area is 122 Å². The van der Waals surface area contributed by atoms with Gasteiger partial charge in [0, 0.05) is 12.6 Å². The van der Waals surface area contributed by atoms with Gasteiger partial charge >= 0.3 is 5.97 Å². The smallest absolute Gasteiger partial charge is 0.325 e. The van der Waals surface area contributed by atoms with Crippen molar-refractivity contribution < 1.29 is 18.8 Å². The number of amides is 1. The third-order valence-electron chi connectivity index (χ3n) is 2.90. The van der Waals surface area contributed by atoms with E-state index in [-0.39, 0.29) is 18.1 Å². The second kappa shape index (κ2) is 6.69. The van der Waals surface area contributed by atoms with Crippen LogP contribution < -0.4 is 0 Å². The first kappa shape index (κ1) is 14.8. The first-order valence-corrected chi connectivity index (χ1v) is 6.43. The lowest BCUT2D eigenvalue weighted by Crippen LogP contribution is -2.35. The van der Waals surface area contributed by atoms with Gasteiger partial charge in [0.1, 0.15) is 12.3 Å². The molecule has 0 saturated carbocycles. The molecule has 21 heavy (non-hydrogen) atoms. The summed E-state index contributed by atoms with van der Waals surface area (Å²) in [6.07, 6.45) is 0. The summed E-state index contributed by atoms with van der Waals surface area (Å²) in [4.78, 5) is 25.3. The standard InChI is InChI=1S/C15H16N2O4/c1-11-8-13(16-21-11)15(19)17(10-14(18)20-2)9-12-6-4-3-5-7-12/h3-8H,9-10H2,1-2H3. The fourth-order valence-electron chi connectivity index (χ4n) is 1.85. The molecule has 0 spiro atoms. The van der Waals surface area contributed by atoms with E-state index in [4.69, 9.17) is 4.52 Å². The zero-order valence-electron chi connectivity index (χ0n) is 11.9. The third kappa shape index (κ3) is 3.92. The number of benzene rings is 1. The van der Waals surface area contributed by atoms with Gasteiger partial charge in [0.25, 0.3) is 5.91 Å². The molecule has 1 amide bonds. The van der Waals surface area contributed by atoms with Gasteiger partial charge in [-0.3, -0.25) is 9.59 Å². The average Bonchev–Trinajstić information content (AvgIpc) is 2.93. The highest BCUT2D eigenvalue weighted by molar-refractivity contribution is 5.94. The lowest BCUT2D eigenvalue weighted by Gasteiger charge is -2.20. The summed E-state index contributed by atoms with van der Waals surface area (Å²) in [5.74, 6) is -0.323. The maximum atomic E-state index is 12.4. The summed E-state index contributed by atoms with van der Waals surface area (Å²) in [5.41, 5.74) is 1.09. The van der Waals surface area contributed by atoms with Gasteiger partial charge in [-0.2, -0.15) is 0 Å². The van der Waals surface area contributed by atoms with E-state index >= 15 is 0 Å². The number of hydrogen-bond donors (Lipinski definition) is 0. The molecule has 0 aliphatic heterocycles. The quantitative estimate of drug-likeness (QED) is 0.784. The molecule has 6 heteroatoms. The first-order valence-electron chi connectivity index (χ1n) is 6.43. The first-order chi connectivity index (χ1) is 10.1. The van der Waals surface area contributed by atoms with E-state index < -0.39 is 5.97 Å². The predicted molar refractivity (Wildman–Crippen MR) is 74.4 cm³/mol. The Morgan fingerprint density at radius 1 is 1.29 bits per heavy atom. The zero-order valence-corrected chi connectivity index (χ0v) is 11.9. The highest BCUT2D eigenvalue weighted by Crippen LogP contribution is 2.10. The molecule has 0 radical (unpaired) electrons. The largest absolute Gasteiger partial charge is 0.468 e. The van der Waals surface area contributed by atoms with Gasteiger partial charge in [0.15, 0.2) is 5.69 Å². The molecular formula is C15H16N2O4. The van der Waals surface area contributed by atoms with Crippen molar-refractivity contribution in [2.24, 2.45) is 0 Å². The van der Waals surface area contributed by atoms with Gasteiger partial charge in [0.2, 0.25) is 0 Å². The number of esters is 1. The van der Waals surface area contributed by atoms with Crippen molar-refractivity contribution in [3.8, 4) is 0 Å². The maximum Gasteiger partial charge on any atom is 0.325 e. The molecular weight excluding hydrogens is 272 g/mol. The normalized spacial score (nSPS) is 10.2. The minimum absolute atomic E-state index is 0.143. The Hall–Kier alpha value is -2.63. The van der Waals surface area contributed by atoms with Crippen LogP contribution in [0.15, 0.2) is 40.9 Å². The fourth-order valence-corrected chi connectivity index (χ4v) is 1.85. The fraction of sp³-hybridized carbons (Fsp3) is 0.267. The van der Waals surface area contributed by atoms with Crippen LogP contribution in [0.25, 0.3) is 0 Å². The van der Waals surface area contributed by atoms with Gasteiger partial charge in [-0.25, -0.2) is 0 Å². The molecule has 0 aliphatic carbocycles. The van der Waals surface area contributed by atoms with Gasteiger partial charge in [-0.1, -0.05) is 35.5 Å². The molecule has 0 saturated heterocycles. The Morgan fingerprint density at radius 3 is 2.57 bits per heavy atom. The molecule has 6 nitrogen and oxygen atoms in total. The minimum Gasteiger partial charge on any atom is -0.468 e. The number of rotatable bonds is 5. The second-order valence-corrected chi connectivity index (χ2v) is 4.55. The average molecular weight is 288 g/mol. The van der Waals surface area contributed by atoms with Crippen molar-refractivity contribution in [1.29, 1.82) is 0 Å². The van der Waals surface area contributed by atoms with Crippen LogP contribution in [0.5, 0.6) is 0 Å². The number of nitrogens with zero attached hydrogens (tertiary/aromatic N) is 2. The lowest BCUT2D eigenvalue weighted by atomic mass is 10.2. The SMILES string of the molecule is COC(=O)CN(Cc1ccccc1)C(=O)c1cc(C)on1. The van der Waals surface area contributed by atoms with Crippen molar-refractivity contribution in [1.82, 2.24) is 10.1 Å². The summed E-state index contributed by atoms with van der Waals surface area (Å²) in [6, 6.07) is 10.9. The maximum absolute atomic E-state index is 12.4. The van der Waals surface area contributed by atoms with Gasteiger partial charge < -0.3 is 14.2 Å². The number of hydrogen-bond acceptors (Lipinski definition) is 5. The molecule has 0 N–H and O–H groups in total. The van der Waals surface area contributed by atoms with Crippen LogP contribution >= 0.6 is 0 Å². The van der Waals surface area contributed by atoms with Crippen LogP contribution in [0.4, 0.5) is 0 Å². The summed E-state index contributed by atoms with van der Waals surface area (Å²) in [5, 5.41) is 3.69. The molecule has 2 rings (SSSR count). The van der Waals surface area contributed by atoms with Crippen LogP contribution in [-0.4, -0.2) is 35.6 Å². The van der Waals surface area contributed by atoms with E-state index in [1.165, 1.54) is 18.1 Å². The molecule has 0 fully saturated rings. The molecule has 2 aromatic rings. The van der Waals surface area contributed by atoms with Crippen molar-refractivity contribution in [3.05, 3.63) is 53.4 Å². The molecule has 0 aliphatic rings. The van der Waals surface area contributed by atoms with E-state index in [0.717, 1.165) is 5.56 Å². The molecule has 0 bridgehead atoms. The topological polar surface area (TPSA) is 72.6 Å². The number of methoxy groups -OCH3 is 1. The Balaban J connectivity index is 2.19. The van der Waals surface area contributed by atoms with E-state index in [0.29, 0.717) is 12.3 Å². The molecule has 1 aromatic carbocycles. The Bertz CT molecular complexity index is 622. The summed E-state index contributed by atoms with van der Waals surface area (Å²) in [7, 11) is 1.29. The second-order valence-electron chi connectivity index (χ2n) is 4.55. The van der Waals surface area contributed by atoms with Crippen LogP contribution in [0.1, 0.15) is 21.8 Å². The Kier molecular flexibility index (Phi) is 4.71. The van der Waals surface area contributed by atoms with Crippen LogP contribution in [-0.2, 0) is 16.1 Å². The Morgan fingerprint density at radius 2 is 2.00 bits per heavy atom. The number of carbonyl (C=O) groups excluding carboxylic acids is 2. The number of aromatic nitrogens is 1.